The summed E-state index contributed by atoms with van der Waals surface area (Å²) in [7, 11) is 0. The summed E-state index contributed by atoms with van der Waals surface area (Å²) in [6.45, 7) is 7.27. The van der Waals surface area contributed by atoms with Gasteiger partial charge < -0.3 is 9.80 Å². The van der Waals surface area contributed by atoms with Crippen LogP contribution in [0.1, 0.15) is 37.1 Å². The third-order valence-corrected chi connectivity index (χ3v) is 4.86. The minimum atomic E-state index is 0.0847. The van der Waals surface area contributed by atoms with Crippen molar-refractivity contribution in [3.05, 3.63) is 11.4 Å². The maximum atomic E-state index is 12.3. The van der Waals surface area contributed by atoms with Gasteiger partial charge in [-0.15, -0.1) is 0 Å². The quantitative estimate of drug-likeness (QED) is 0.776. The van der Waals surface area contributed by atoms with E-state index in [0.717, 1.165) is 50.4 Å². The average Bonchev–Trinajstić information content (AvgIpc) is 3.26. The van der Waals surface area contributed by atoms with Gasteiger partial charge in [0.25, 0.3) is 0 Å². The van der Waals surface area contributed by atoms with Gasteiger partial charge in [0.1, 0.15) is 11.4 Å². The van der Waals surface area contributed by atoms with E-state index in [1.54, 1.807) is 0 Å². The van der Waals surface area contributed by atoms with Gasteiger partial charge in [-0.3, -0.25) is 14.5 Å². The number of carbonyl (C=O) groups excluding carboxylic acids is 2. The molecule has 8 heteroatoms. The minimum Gasteiger partial charge on any atom is -0.343 e. The number of nitrogens with zero attached hydrogens (tertiary/aromatic N) is 5. The molecule has 1 aromatic rings. The van der Waals surface area contributed by atoms with Crippen molar-refractivity contribution in [1.29, 1.82) is 0 Å². The van der Waals surface area contributed by atoms with E-state index in [9.17, 15) is 9.59 Å². The Morgan fingerprint density at radius 3 is 2.04 bits per heavy atom. The van der Waals surface area contributed by atoms with Crippen LogP contribution in [-0.2, 0) is 16.1 Å². The second kappa shape index (κ2) is 7.74. The van der Waals surface area contributed by atoms with Crippen LogP contribution in [0.2, 0.25) is 0 Å². The molecule has 0 bridgehead atoms. The van der Waals surface area contributed by atoms with E-state index < -0.39 is 0 Å². The Balaban J connectivity index is 1.38. The summed E-state index contributed by atoms with van der Waals surface area (Å²) in [4.78, 5) is 30.3. The molecule has 2 amide bonds. The Bertz CT molecular complexity index is 574. The van der Waals surface area contributed by atoms with Gasteiger partial charge in [0.15, 0.2) is 0 Å². The molecule has 8 nitrogen and oxygen atoms in total. The van der Waals surface area contributed by atoms with E-state index in [-0.39, 0.29) is 11.8 Å². The molecule has 1 aromatic heterocycles. The summed E-state index contributed by atoms with van der Waals surface area (Å²) < 4.78 is 4.72. The smallest absolute Gasteiger partial charge is 0.223 e. The van der Waals surface area contributed by atoms with Crippen molar-refractivity contribution in [2.75, 3.05) is 39.3 Å². The van der Waals surface area contributed by atoms with Crippen molar-refractivity contribution in [3.63, 3.8) is 0 Å². The maximum Gasteiger partial charge on any atom is 0.223 e. The molecule has 2 aliphatic heterocycles. The highest BCUT2D eigenvalue weighted by Gasteiger charge is 2.24. The molecule has 24 heavy (non-hydrogen) atoms. The topological polar surface area (TPSA) is 82.8 Å². The number of hydrogen-bond donors (Lipinski definition) is 0. The number of aromatic nitrogens is 2. The monoisotopic (exact) mass is 335 g/mol. The summed E-state index contributed by atoms with van der Waals surface area (Å²) in [5, 5.41) is 7.69. The molecule has 0 atom stereocenters. The Kier molecular flexibility index (Phi) is 5.44. The first-order valence-electron chi connectivity index (χ1n) is 8.69. The van der Waals surface area contributed by atoms with Crippen molar-refractivity contribution >= 4 is 11.8 Å². The highest BCUT2D eigenvalue weighted by atomic mass is 16.6. The zero-order valence-electron chi connectivity index (χ0n) is 14.2. The summed E-state index contributed by atoms with van der Waals surface area (Å²) in [5.41, 5.74) is 1.67. The van der Waals surface area contributed by atoms with E-state index >= 15 is 0 Å². The molecule has 3 heterocycles. The first kappa shape index (κ1) is 16.9. The number of hydrogen-bond acceptors (Lipinski definition) is 6. The largest absolute Gasteiger partial charge is 0.343 e. The van der Waals surface area contributed by atoms with Crippen molar-refractivity contribution < 1.29 is 14.2 Å². The average molecular weight is 335 g/mol. The predicted molar refractivity (Wildman–Crippen MR) is 85.9 cm³/mol. The molecule has 3 rings (SSSR count). The normalized spacial score (nSPS) is 19.0. The van der Waals surface area contributed by atoms with Gasteiger partial charge in [0.05, 0.1) is 0 Å². The van der Waals surface area contributed by atoms with Crippen LogP contribution in [0, 0.1) is 6.92 Å². The number of carbonyl (C=O) groups is 2. The van der Waals surface area contributed by atoms with Crippen LogP contribution in [0.3, 0.4) is 0 Å². The number of amides is 2. The van der Waals surface area contributed by atoms with Crippen molar-refractivity contribution in [2.24, 2.45) is 0 Å². The van der Waals surface area contributed by atoms with E-state index in [1.165, 1.54) is 0 Å². The maximum absolute atomic E-state index is 12.3. The number of aryl methyl sites for hydroxylation is 1. The molecular weight excluding hydrogens is 310 g/mol. The Labute approximate surface area is 141 Å². The predicted octanol–water partition coefficient (Wildman–Crippen LogP) is 0.425. The van der Waals surface area contributed by atoms with Crippen molar-refractivity contribution in [3.8, 4) is 0 Å². The summed E-state index contributed by atoms with van der Waals surface area (Å²) >= 11 is 0. The molecular formula is C16H25N5O3. The molecule has 0 N–H and O–H groups in total. The van der Waals surface area contributed by atoms with Gasteiger partial charge in [-0.2, -0.15) is 0 Å². The fourth-order valence-corrected chi connectivity index (χ4v) is 3.26. The number of piperazine rings is 1. The molecule has 0 aliphatic carbocycles. The Morgan fingerprint density at radius 2 is 1.50 bits per heavy atom. The third kappa shape index (κ3) is 4.11. The van der Waals surface area contributed by atoms with E-state index in [2.05, 4.69) is 15.2 Å². The zero-order valence-corrected chi connectivity index (χ0v) is 14.2. The first-order chi connectivity index (χ1) is 11.6. The van der Waals surface area contributed by atoms with Crippen LogP contribution >= 0.6 is 0 Å². The van der Waals surface area contributed by atoms with Crippen molar-refractivity contribution in [1.82, 2.24) is 25.0 Å². The lowest BCUT2D eigenvalue weighted by atomic mass is 10.2. The van der Waals surface area contributed by atoms with Gasteiger partial charge >= 0.3 is 0 Å². The lowest BCUT2D eigenvalue weighted by Gasteiger charge is -2.34. The number of likely N-dealkylation sites (tertiary alicyclic amines) is 1. The zero-order chi connectivity index (χ0) is 16.9. The van der Waals surface area contributed by atoms with Crippen LogP contribution in [0.4, 0.5) is 0 Å². The standard InChI is InChI=1S/C16H25N5O3/c1-13-14(18-24-17-13)12-19-8-10-21(11-9-19)16(23)5-4-15(22)20-6-2-3-7-20/h2-12H2,1H3. The van der Waals surface area contributed by atoms with E-state index in [4.69, 9.17) is 4.63 Å². The van der Waals surface area contributed by atoms with E-state index in [0.29, 0.717) is 32.5 Å². The highest BCUT2D eigenvalue weighted by Crippen LogP contribution is 2.13. The van der Waals surface area contributed by atoms with Gasteiger partial charge in [0.2, 0.25) is 11.8 Å². The Hall–Kier alpha value is -1.96. The van der Waals surface area contributed by atoms with Gasteiger partial charge in [-0.25, -0.2) is 4.63 Å². The van der Waals surface area contributed by atoms with Crippen molar-refractivity contribution in [2.45, 2.75) is 39.2 Å². The second-order valence-corrected chi connectivity index (χ2v) is 6.54. The fourth-order valence-electron chi connectivity index (χ4n) is 3.26. The molecule has 132 valence electrons. The molecule has 0 radical (unpaired) electrons. The first-order valence-corrected chi connectivity index (χ1v) is 8.69. The van der Waals surface area contributed by atoms with Crippen LogP contribution < -0.4 is 0 Å². The summed E-state index contributed by atoms with van der Waals surface area (Å²) in [6, 6.07) is 0. The summed E-state index contributed by atoms with van der Waals surface area (Å²) in [5.74, 6) is 0.204. The number of rotatable bonds is 5. The van der Waals surface area contributed by atoms with Gasteiger partial charge in [-0.1, -0.05) is 10.3 Å². The molecule has 0 unspecified atom stereocenters. The lowest BCUT2D eigenvalue weighted by molar-refractivity contribution is -0.137. The fraction of sp³-hybridized carbons (Fsp3) is 0.750. The van der Waals surface area contributed by atoms with E-state index in [1.807, 2.05) is 16.7 Å². The van der Waals surface area contributed by atoms with Crippen LogP contribution in [-0.4, -0.2) is 76.1 Å². The van der Waals surface area contributed by atoms with Gasteiger partial charge in [0, 0.05) is 58.7 Å². The van der Waals surface area contributed by atoms with Crippen LogP contribution in [0.25, 0.3) is 0 Å². The molecule has 2 fully saturated rings. The highest BCUT2D eigenvalue weighted by molar-refractivity contribution is 5.84. The molecule has 2 aliphatic rings. The minimum absolute atomic E-state index is 0.0847. The molecule has 2 saturated heterocycles. The van der Waals surface area contributed by atoms with Crippen LogP contribution in [0.15, 0.2) is 4.63 Å². The molecule has 0 saturated carbocycles. The Morgan fingerprint density at radius 1 is 0.917 bits per heavy atom. The second-order valence-electron chi connectivity index (χ2n) is 6.54. The molecule has 0 aromatic carbocycles. The van der Waals surface area contributed by atoms with Crippen LogP contribution in [0.5, 0.6) is 0 Å². The SMILES string of the molecule is Cc1nonc1CN1CCN(C(=O)CCC(=O)N2CCCC2)CC1. The molecule has 0 spiro atoms. The summed E-state index contributed by atoms with van der Waals surface area (Å²) in [6.07, 6.45) is 2.83. The lowest BCUT2D eigenvalue weighted by Crippen LogP contribution is -2.48. The van der Waals surface area contributed by atoms with Gasteiger partial charge in [-0.05, 0) is 19.8 Å². The third-order valence-electron chi connectivity index (χ3n) is 4.86.